The van der Waals surface area contributed by atoms with Crippen LogP contribution < -0.4 is 15.4 Å². The van der Waals surface area contributed by atoms with Gasteiger partial charge in [-0.15, -0.1) is 0 Å². The maximum Gasteiger partial charge on any atom is 0.258 e. The molecule has 2 amide bonds. The molecule has 2 unspecified atom stereocenters. The highest BCUT2D eigenvalue weighted by molar-refractivity contribution is 5.96. The van der Waals surface area contributed by atoms with Crippen LogP contribution >= 0.6 is 0 Å². The number of rotatable bonds is 10. The van der Waals surface area contributed by atoms with Gasteiger partial charge < -0.3 is 25.2 Å². The van der Waals surface area contributed by atoms with Crippen LogP contribution in [0.25, 0.3) is 6.20 Å². The van der Waals surface area contributed by atoms with Crippen molar-refractivity contribution >= 4 is 18.0 Å². The van der Waals surface area contributed by atoms with Gasteiger partial charge >= 0.3 is 0 Å². The Kier molecular flexibility index (Phi) is 7.29. The van der Waals surface area contributed by atoms with Crippen LogP contribution in [0.5, 0.6) is 5.88 Å². The molecule has 4 aliphatic carbocycles. The van der Waals surface area contributed by atoms with Crippen molar-refractivity contribution in [1.82, 2.24) is 20.4 Å². The number of aromatic nitrogens is 2. The Morgan fingerprint density at radius 3 is 2.57 bits per heavy atom. The number of carbonyl (C=O) groups excluding carboxylic acids is 2. The highest BCUT2D eigenvalue weighted by Gasteiger charge is 2.55. The van der Waals surface area contributed by atoms with Crippen molar-refractivity contribution in [2.75, 3.05) is 20.3 Å². The highest BCUT2D eigenvalue weighted by Crippen LogP contribution is 2.55. The van der Waals surface area contributed by atoms with E-state index in [2.05, 4.69) is 15.7 Å². The molecule has 4 fully saturated rings. The van der Waals surface area contributed by atoms with Crippen molar-refractivity contribution in [3.8, 4) is 5.88 Å². The van der Waals surface area contributed by atoms with Crippen LogP contribution in [0.15, 0.2) is 12.3 Å². The fraction of sp³-hybridized carbons (Fsp3) is 0.731. The minimum atomic E-state index is -0.653. The zero-order valence-electron chi connectivity index (χ0n) is 21.5. The van der Waals surface area contributed by atoms with Crippen LogP contribution in [0.3, 0.4) is 0 Å². The summed E-state index contributed by atoms with van der Waals surface area (Å²) >= 11 is 0. The first-order chi connectivity index (χ1) is 16.5. The van der Waals surface area contributed by atoms with Crippen molar-refractivity contribution in [3.63, 3.8) is 0 Å². The van der Waals surface area contributed by atoms with Gasteiger partial charge in [-0.25, -0.2) is 4.68 Å². The molecule has 194 valence electrons. The molecule has 4 aliphatic rings. The second-order valence-corrected chi connectivity index (χ2v) is 11.7. The van der Waals surface area contributed by atoms with Gasteiger partial charge in [-0.05, 0) is 75.7 Å². The average molecular weight is 489 g/mol. The number of hydrogen-bond donors (Lipinski definition) is 3. The summed E-state index contributed by atoms with van der Waals surface area (Å²) in [5, 5.41) is 21.4. The lowest BCUT2D eigenvalue weighted by Gasteiger charge is -2.58. The number of amides is 2. The van der Waals surface area contributed by atoms with Crippen LogP contribution in [0, 0.1) is 23.7 Å². The van der Waals surface area contributed by atoms with E-state index >= 15 is 0 Å². The fourth-order valence-electron chi connectivity index (χ4n) is 6.27. The molecule has 0 aromatic carbocycles. The third-order valence-corrected chi connectivity index (χ3v) is 7.46. The Morgan fingerprint density at radius 2 is 1.97 bits per heavy atom. The molecular formula is C26H40N4O5. The Labute approximate surface area is 207 Å². The summed E-state index contributed by atoms with van der Waals surface area (Å²) < 4.78 is 12.5. The zero-order chi connectivity index (χ0) is 25.4. The number of nitrogens with one attached hydrogen (secondary N) is 2. The first-order valence-electron chi connectivity index (χ1n) is 12.7. The van der Waals surface area contributed by atoms with Crippen LogP contribution in [-0.2, 0) is 9.53 Å². The summed E-state index contributed by atoms with van der Waals surface area (Å²) in [4.78, 5) is 25.3. The van der Waals surface area contributed by atoms with E-state index in [9.17, 15) is 14.7 Å². The lowest BCUT2D eigenvalue weighted by molar-refractivity contribution is -0.137. The molecule has 1 aromatic heterocycles. The number of methoxy groups -OCH3 is 1. The molecule has 5 rings (SSSR count). The van der Waals surface area contributed by atoms with Gasteiger partial charge in [-0.1, -0.05) is 13.8 Å². The molecular weight excluding hydrogens is 448 g/mol. The van der Waals surface area contributed by atoms with Crippen molar-refractivity contribution in [3.05, 3.63) is 17.8 Å². The Hall–Kier alpha value is -2.39. The smallest absolute Gasteiger partial charge is 0.258 e. The standard InChI is InChI=1S/C26H40N4O5/c1-16(2)14-35-24-20(13-27-30(24)7-6-25(3,4)29-21(31)15-34-5)23(32)28-22-18-8-17-9-19(22)12-26(33,10-17)11-18/h6-7,13,16-19,22,33H,8-12,14-15H2,1-5H3,(H,28,32)(H,29,31). The first kappa shape index (κ1) is 25.7. The summed E-state index contributed by atoms with van der Waals surface area (Å²) in [5.41, 5.74) is -0.797. The van der Waals surface area contributed by atoms with Crippen LogP contribution in [0.1, 0.15) is 70.2 Å². The minimum Gasteiger partial charge on any atom is -0.477 e. The lowest BCUT2D eigenvalue weighted by atomic mass is 9.52. The largest absolute Gasteiger partial charge is 0.477 e. The fourth-order valence-corrected chi connectivity index (χ4v) is 6.27. The van der Waals surface area contributed by atoms with Gasteiger partial charge in [0.2, 0.25) is 11.8 Å². The molecule has 9 nitrogen and oxygen atoms in total. The van der Waals surface area contributed by atoms with E-state index in [1.54, 1.807) is 17.0 Å². The average Bonchev–Trinajstić information content (AvgIpc) is 3.15. The highest BCUT2D eigenvalue weighted by atomic mass is 16.5. The topological polar surface area (TPSA) is 115 Å². The molecule has 9 heteroatoms. The molecule has 1 aromatic rings. The molecule has 0 spiro atoms. The first-order valence-corrected chi connectivity index (χ1v) is 12.7. The Balaban J connectivity index is 1.50. The summed E-state index contributed by atoms with van der Waals surface area (Å²) in [5.74, 6) is 1.46. The van der Waals surface area contributed by atoms with Crippen LogP contribution in [-0.4, -0.2) is 64.2 Å². The molecule has 3 N–H and O–H groups in total. The Bertz CT molecular complexity index is 953. The van der Waals surface area contributed by atoms with E-state index in [-0.39, 0.29) is 30.4 Å². The van der Waals surface area contributed by atoms with Crippen LogP contribution in [0.4, 0.5) is 0 Å². The maximum atomic E-state index is 13.4. The number of ether oxygens (including phenoxy) is 2. The molecule has 0 radical (unpaired) electrons. The predicted octanol–water partition coefficient (Wildman–Crippen LogP) is 2.60. The van der Waals surface area contributed by atoms with Gasteiger partial charge in [0.05, 0.1) is 23.9 Å². The third kappa shape index (κ3) is 5.89. The molecule has 0 aliphatic heterocycles. The SMILES string of the molecule is COCC(=O)NC(C)(C)C=Cn1ncc(C(=O)NC2C3CC4CC2CC(O)(C4)C3)c1OCC(C)C. The summed E-state index contributed by atoms with van der Waals surface area (Å²) in [6.45, 7) is 8.24. The molecule has 0 saturated heterocycles. The van der Waals surface area contributed by atoms with Crippen molar-refractivity contribution < 1.29 is 24.2 Å². The monoisotopic (exact) mass is 488 g/mol. The summed E-state index contributed by atoms with van der Waals surface area (Å²) in [6.07, 6.45) is 9.65. The number of carbonyl (C=O) groups is 2. The van der Waals surface area contributed by atoms with Gasteiger partial charge in [0.1, 0.15) is 12.2 Å². The maximum absolute atomic E-state index is 13.4. The van der Waals surface area contributed by atoms with E-state index in [1.165, 1.54) is 13.3 Å². The quantitative estimate of drug-likeness (QED) is 0.466. The second kappa shape index (κ2) is 9.93. The number of aliphatic hydroxyl groups is 1. The predicted molar refractivity (Wildman–Crippen MR) is 132 cm³/mol. The van der Waals surface area contributed by atoms with E-state index in [0.717, 1.165) is 32.1 Å². The van der Waals surface area contributed by atoms with Crippen molar-refractivity contribution in [2.24, 2.45) is 23.7 Å². The van der Waals surface area contributed by atoms with E-state index in [0.29, 0.717) is 35.8 Å². The van der Waals surface area contributed by atoms with E-state index < -0.39 is 11.1 Å². The number of hydrogen-bond acceptors (Lipinski definition) is 6. The molecule has 2 atom stereocenters. The van der Waals surface area contributed by atoms with Crippen LogP contribution in [0.2, 0.25) is 0 Å². The summed E-state index contributed by atoms with van der Waals surface area (Å²) in [7, 11) is 1.47. The molecule has 4 bridgehead atoms. The van der Waals surface area contributed by atoms with Crippen molar-refractivity contribution in [2.45, 2.75) is 77.0 Å². The molecule has 4 saturated carbocycles. The normalized spacial score (nSPS) is 29.7. The van der Waals surface area contributed by atoms with Gasteiger partial charge in [0, 0.05) is 19.4 Å². The summed E-state index contributed by atoms with van der Waals surface area (Å²) in [6, 6.07) is 0.0751. The third-order valence-electron chi connectivity index (χ3n) is 7.46. The number of nitrogens with zero attached hydrogens (tertiary/aromatic N) is 2. The van der Waals surface area contributed by atoms with Gasteiger partial charge in [-0.2, -0.15) is 5.10 Å². The Morgan fingerprint density at radius 1 is 1.29 bits per heavy atom. The van der Waals surface area contributed by atoms with Gasteiger partial charge in [-0.3, -0.25) is 9.59 Å². The minimum absolute atomic E-state index is 0.0204. The van der Waals surface area contributed by atoms with E-state index in [1.807, 2.05) is 27.7 Å². The second-order valence-electron chi connectivity index (χ2n) is 11.7. The van der Waals surface area contributed by atoms with E-state index in [4.69, 9.17) is 9.47 Å². The van der Waals surface area contributed by atoms with Gasteiger partial charge in [0.15, 0.2) is 0 Å². The molecule has 1 heterocycles. The molecule has 35 heavy (non-hydrogen) atoms. The zero-order valence-corrected chi connectivity index (χ0v) is 21.5. The van der Waals surface area contributed by atoms with Crippen molar-refractivity contribution in [1.29, 1.82) is 0 Å². The van der Waals surface area contributed by atoms with Gasteiger partial charge in [0.25, 0.3) is 5.91 Å². The lowest BCUT2D eigenvalue weighted by Crippen LogP contribution is -2.61.